The average molecular weight is 519 g/mol. The lowest BCUT2D eigenvalue weighted by atomic mass is 9.95. The Morgan fingerprint density at radius 2 is 1.95 bits per heavy atom. The average Bonchev–Trinajstić information content (AvgIpc) is 3.54. The normalized spacial score (nSPS) is 18.7. The predicted molar refractivity (Wildman–Crippen MR) is 144 cm³/mol. The first-order valence-corrected chi connectivity index (χ1v) is 13.1. The molecule has 0 radical (unpaired) electrons. The largest absolute Gasteiger partial charge is 0.379 e. The zero-order valence-electron chi connectivity index (χ0n) is 22.3. The third-order valence-electron chi connectivity index (χ3n) is 7.02. The molecule has 11 nitrogen and oxygen atoms in total. The van der Waals surface area contributed by atoms with Gasteiger partial charge in [-0.25, -0.2) is 14.7 Å². The van der Waals surface area contributed by atoms with Crippen molar-refractivity contribution in [2.24, 2.45) is 10.9 Å². The number of aromatic nitrogens is 5. The Hall–Kier alpha value is -3.70. The predicted octanol–water partition coefficient (Wildman–Crippen LogP) is 2.50. The van der Waals surface area contributed by atoms with Gasteiger partial charge in [-0.2, -0.15) is 10.2 Å². The monoisotopic (exact) mass is 518 g/mol. The summed E-state index contributed by atoms with van der Waals surface area (Å²) in [7, 11) is 0. The number of pyridine rings is 1. The number of aliphatic imine (C=N–C) groups is 1. The Bertz CT molecular complexity index is 1410. The van der Waals surface area contributed by atoms with Crippen molar-refractivity contribution in [3.63, 3.8) is 0 Å². The van der Waals surface area contributed by atoms with Crippen LogP contribution in [-0.4, -0.2) is 86.4 Å². The summed E-state index contributed by atoms with van der Waals surface area (Å²) in [5.74, 6) is -0.989. The minimum Gasteiger partial charge on any atom is -0.379 e. The molecule has 38 heavy (non-hydrogen) atoms. The number of morpholine rings is 1. The van der Waals surface area contributed by atoms with Crippen molar-refractivity contribution in [1.82, 2.24) is 34.8 Å². The van der Waals surface area contributed by atoms with Crippen molar-refractivity contribution >= 4 is 28.6 Å². The van der Waals surface area contributed by atoms with Gasteiger partial charge in [-0.05, 0) is 39.8 Å². The van der Waals surface area contributed by atoms with Gasteiger partial charge in [0, 0.05) is 49.7 Å². The molecule has 1 unspecified atom stereocenters. The molecule has 5 rings (SSSR count). The van der Waals surface area contributed by atoms with Crippen LogP contribution < -0.4 is 5.32 Å². The molecular formula is C27H34N8O3. The smallest absolute Gasteiger partial charge is 0.254 e. The maximum atomic E-state index is 13.4. The van der Waals surface area contributed by atoms with E-state index in [0.29, 0.717) is 28.0 Å². The summed E-state index contributed by atoms with van der Waals surface area (Å²) >= 11 is 0. The molecule has 1 N–H and O–H groups in total. The standard InChI is InChI=1S/C27H34N8O3/c1-17(2)35-25-23(15-30-35)21(26(36)28-14-22-18(3)11-19(4)31-27(22)37)12-24(32-25)20-13-29-34(16-20)6-5-33-7-9-38-10-8-33/h11-13,15-17,22H,5-10,14H2,1-4H3,(H,28,36). The Morgan fingerprint density at radius 3 is 2.68 bits per heavy atom. The van der Waals surface area contributed by atoms with Crippen LogP contribution in [-0.2, 0) is 16.1 Å². The van der Waals surface area contributed by atoms with Gasteiger partial charge >= 0.3 is 0 Å². The van der Waals surface area contributed by atoms with Crippen LogP contribution in [0, 0.1) is 5.92 Å². The molecule has 1 saturated heterocycles. The summed E-state index contributed by atoms with van der Waals surface area (Å²) in [4.78, 5) is 37.2. The maximum Gasteiger partial charge on any atom is 0.254 e. The van der Waals surface area contributed by atoms with Crippen molar-refractivity contribution in [2.45, 2.75) is 40.3 Å². The Labute approximate surface area is 221 Å². The van der Waals surface area contributed by atoms with Crippen molar-refractivity contribution < 1.29 is 14.3 Å². The molecule has 200 valence electrons. The van der Waals surface area contributed by atoms with E-state index in [-0.39, 0.29) is 24.4 Å². The van der Waals surface area contributed by atoms with Crippen molar-refractivity contribution in [2.75, 3.05) is 39.4 Å². The van der Waals surface area contributed by atoms with Gasteiger partial charge in [-0.15, -0.1) is 0 Å². The number of nitrogens with one attached hydrogen (secondary N) is 1. The molecule has 0 spiro atoms. The van der Waals surface area contributed by atoms with E-state index in [1.807, 2.05) is 42.4 Å². The van der Waals surface area contributed by atoms with Crippen LogP contribution in [0.2, 0.25) is 0 Å². The molecule has 0 bridgehead atoms. The molecule has 2 amide bonds. The molecule has 3 aromatic heterocycles. The molecule has 2 aliphatic rings. The fourth-order valence-electron chi connectivity index (χ4n) is 4.87. The SMILES string of the molecule is CC1=CC(C)=NC(=O)C1CNC(=O)c1cc(-c2cnn(CCN3CCOCC3)c2)nc2c1cnn2C(C)C. The first kappa shape index (κ1) is 25.9. The molecule has 0 aromatic carbocycles. The lowest BCUT2D eigenvalue weighted by Crippen LogP contribution is -2.38. The van der Waals surface area contributed by atoms with Crippen LogP contribution >= 0.6 is 0 Å². The molecule has 11 heteroatoms. The Kier molecular flexibility index (Phi) is 7.48. The van der Waals surface area contributed by atoms with Crippen LogP contribution in [0.1, 0.15) is 44.1 Å². The van der Waals surface area contributed by atoms with E-state index in [1.54, 1.807) is 25.4 Å². The minimum atomic E-state index is -0.470. The summed E-state index contributed by atoms with van der Waals surface area (Å²) in [5.41, 5.74) is 4.14. The summed E-state index contributed by atoms with van der Waals surface area (Å²) in [6, 6.07) is 1.84. The van der Waals surface area contributed by atoms with E-state index in [4.69, 9.17) is 9.72 Å². The Morgan fingerprint density at radius 1 is 1.16 bits per heavy atom. The second kappa shape index (κ2) is 11.0. The van der Waals surface area contributed by atoms with Crippen LogP contribution in [0.4, 0.5) is 0 Å². The van der Waals surface area contributed by atoms with E-state index in [2.05, 4.69) is 25.4 Å². The van der Waals surface area contributed by atoms with E-state index >= 15 is 0 Å². The van der Waals surface area contributed by atoms with Gasteiger partial charge < -0.3 is 10.1 Å². The number of amides is 2. The van der Waals surface area contributed by atoms with Crippen molar-refractivity contribution in [3.8, 4) is 11.3 Å². The van der Waals surface area contributed by atoms with Gasteiger partial charge in [0.2, 0.25) is 0 Å². The highest BCUT2D eigenvalue weighted by Gasteiger charge is 2.25. The second-order valence-electron chi connectivity index (χ2n) is 10.2. The Balaban J connectivity index is 1.40. The number of dihydropyridines is 1. The number of rotatable bonds is 8. The van der Waals surface area contributed by atoms with Gasteiger partial charge in [-0.3, -0.25) is 19.2 Å². The van der Waals surface area contributed by atoms with Gasteiger partial charge in [0.05, 0.1) is 54.7 Å². The molecular weight excluding hydrogens is 484 g/mol. The fraction of sp³-hybridized carbons (Fsp3) is 0.481. The quantitative estimate of drug-likeness (QED) is 0.487. The number of hydrogen-bond donors (Lipinski definition) is 1. The summed E-state index contributed by atoms with van der Waals surface area (Å²) in [6.45, 7) is 12.9. The number of allylic oxidation sites excluding steroid dienone is 1. The van der Waals surface area contributed by atoms with Crippen LogP contribution in [0.5, 0.6) is 0 Å². The van der Waals surface area contributed by atoms with E-state index in [0.717, 1.165) is 50.5 Å². The van der Waals surface area contributed by atoms with Crippen LogP contribution in [0.15, 0.2) is 41.3 Å². The lowest BCUT2D eigenvalue weighted by molar-refractivity contribution is -0.120. The summed E-state index contributed by atoms with van der Waals surface area (Å²) in [6.07, 6.45) is 7.30. The van der Waals surface area contributed by atoms with E-state index < -0.39 is 5.92 Å². The van der Waals surface area contributed by atoms with Gasteiger partial charge in [0.1, 0.15) is 0 Å². The number of carbonyl (C=O) groups excluding carboxylic acids is 2. The highest BCUT2D eigenvalue weighted by Crippen LogP contribution is 2.26. The highest BCUT2D eigenvalue weighted by atomic mass is 16.5. The number of hydrogen-bond acceptors (Lipinski definition) is 7. The molecule has 0 aliphatic carbocycles. The second-order valence-corrected chi connectivity index (χ2v) is 10.2. The summed E-state index contributed by atoms with van der Waals surface area (Å²) in [5, 5.41) is 12.6. The van der Waals surface area contributed by atoms with E-state index in [9.17, 15) is 9.59 Å². The third-order valence-corrected chi connectivity index (χ3v) is 7.02. The lowest BCUT2D eigenvalue weighted by Gasteiger charge is -2.26. The van der Waals surface area contributed by atoms with Gasteiger partial charge in [0.15, 0.2) is 5.65 Å². The molecule has 2 aliphatic heterocycles. The van der Waals surface area contributed by atoms with Crippen molar-refractivity contribution in [3.05, 3.63) is 41.9 Å². The van der Waals surface area contributed by atoms with Gasteiger partial charge in [0.25, 0.3) is 11.8 Å². The first-order valence-electron chi connectivity index (χ1n) is 13.1. The number of ether oxygens (including phenoxy) is 1. The zero-order valence-corrected chi connectivity index (χ0v) is 22.3. The fourth-order valence-corrected chi connectivity index (χ4v) is 4.87. The zero-order chi connectivity index (χ0) is 26.8. The number of carbonyl (C=O) groups is 2. The van der Waals surface area contributed by atoms with E-state index in [1.165, 1.54) is 0 Å². The molecule has 0 saturated carbocycles. The van der Waals surface area contributed by atoms with Gasteiger partial charge in [-0.1, -0.05) is 5.57 Å². The van der Waals surface area contributed by atoms with Crippen LogP contribution in [0.25, 0.3) is 22.3 Å². The molecule has 5 heterocycles. The number of fused-ring (bicyclic) bond motifs is 1. The highest BCUT2D eigenvalue weighted by molar-refractivity contribution is 6.08. The molecule has 1 atom stereocenters. The third kappa shape index (κ3) is 5.44. The summed E-state index contributed by atoms with van der Waals surface area (Å²) < 4.78 is 9.15. The van der Waals surface area contributed by atoms with Crippen LogP contribution in [0.3, 0.4) is 0 Å². The number of nitrogens with zero attached hydrogens (tertiary/aromatic N) is 7. The molecule has 3 aromatic rings. The maximum absolute atomic E-state index is 13.4. The molecule has 1 fully saturated rings. The minimum absolute atomic E-state index is 0.0659. The van der Waals surface area contributed by atoms with Crippen molar-refractivity contribution in [1.29, 1.82) is 0 Å². The first-order chi connectivity index (χ1) is 18.3. The topological polar surface area (TPSA) is 120 Å².